The minimum atomic E-state index is -0.421. The summed E-state index contributed by atoms with van der Waals surface area (Å²) in [6, 6.07) is 2.90. The Kier molecular flexibility index (Phi) is 3.89. The first-order chi connectivity index (χ1) is 6.93. The number of hydrogen-bond acceptors (Lipinski definition) is 1. The molecule has 1 aromatic rings. The molecule has 0 unspecified atom stereocenters. The van der Waals surface area contributed by atoms with E-state index in [-0.39, 0.29) is 5.82 Å². The van der Waals surface area contributed by atoms with E-state index >= 15 is 0 Å². The van der Waals surface area contributed by atoms with Crippen molar-refractivity contribution >= 4 is 11.6 Å². The Morgan fingerprint density at radius 2 is 2.20 bits per heavy atom. The van der Waals surface area contributed by atoms with Crippen molar-refractivity contribution in [3.05, 3.63) is 46.3 Å². The third-order valence-corrected chi connectivity index (χ3v) is 2.59. The van der Waals surface area contributed by atoms with Crippen molar-refractivity contribution in [2.24, 2.45) is 5.73 Å². The topological polar surface area (TPSA) is 26.0 Å². The SMILES string of the molecule is C=C(C)C[C@@H](N)c1c(Cl)ccc(C)c1F. The second kappa shape index (κ2) is 4.77. The summed E-state index contributed by atoms with van der Waals surface area (Å²) < 4.78 is 13.8. The molecular weight excluding hydrogens is 213 g/mol. The maximum absolute atomic E-state index is 13.8. The van der Waals surface area contributed by atoms with Crippen LogP contribution in [-0.4, -0.2) is 0 Å². The molecule has 0 aliphatic heterocycles. The highest BCUT2D eigenvalue weighted by Gasteiger charge is 2.16. The molecule has 0 aromatic heterocycles. The van der Waals surface area contributed by atoms with Gasteiger partial charge in [-0.3, -0.25) is 0 Å². The molecule has 2 N–H and O–H groups in total. The summed E-state index contributed by atoms with van der Waals surface area (Å²) in [4.78, 5) is 0. The lowest BCUT2D eigenvalue weighted by molar-refractivity contribution is 0.572. The van der Waals surface area contributed by atoms with Crippen molar-refractivity contribution in [2.45, 2.75) is 26.3 Å². The summed E-state index contributed by atoms with van der Waals surface area (Å²) in [7, 11) is 0. The first-order valence-corrected chi connectivity index (χ1v) is 5.15. The number of aryl methyl sites for hydroxylation is 1. The van der Waals surface area contributed by atoms with E-state index in [1.807, 2.05) is 6.92 Å². The van der Waals surface area contributed by atoms with Crippen molar-refractivity contribution < 1.29 is 4.39 Å². The molecule has 0 fully saturated rings. The van der Waals surface area contributed by atoms with Crippen LogP contribution in [0.4, 0.5) is 4.39 Å². The monoisotopic (exact) mass is 227 g/mol. The average Bonchev–Trinajstić information content (AvgIpc) is 2.11. The van der Waals surface area contributed by atoms with Gasteiger partial charge in [-0.15, -0.1) is 6.58 Å². The van der Waals surface area contributed by atoms with Gasteiger partial charge < -0.3 is 5.73 Å². The summed E-state index contributed by atoms with van der Waals surface area (Å²) in [5.74, 6) is -0.309. The van der Waals surface area contributed by atoms with Crippen LogP contribution in [0, 0.1) is 12.7 Å². The molecule has 0 spiro atoms. The molecule has 82 valence electrons. The molecule has 1 nitrogen and oxygen atoms in total. The molecule has 0 saturated carbocycles. The Hall–Kier alpha value is -0.860. The summed E-state index contributed by atoms with van der Waals surface area (Å²) in [5.41, 5.74) is 7.75. The van der Waals surface area contributed by atoms with Gasteiger partial charge in [-0.25, -0.2) is 4.39 Å². The smallest absolute Gasteiger partial charge is 0.132 e. The Morgan fingerprint density at radius 1 is 1.60 bits per heavy atom. The zero-order chi connectivity index (χ0) is 11.6. The molecule has 0 amide bonds. The minimum Gasteiger partial charge on any atom is -0.324 e. The Morgan fingerprint density at radius 3 is 2.73 bits per heavy atom. The third-order valence-electron chi connectivity index (χ3n) is 2.26. The molecule has 0 aliphatic rings. The molecule has 3 heteroatoms. The van der Waals surface area contributed by atoms with Gasteiger partial charge >= 0.3 is 0 Å². The summed E-state index contributed by atoms with van der Waals surface area (Å²) in [5, 5.41) is 0.381. The summed E-state index contributed by atoms with van der Waals surface area (Å²) in [6.07, 6.45) is 0.542. The predicted octanol–water partition coefficient (Wildman–Crippen LogP) is 3.75. The van der Waals surface area contributed by atoms with E-state index in [4.69, 9.17) is 17.3 Å². The number of benzene rings is 1. The second-order valence-corrected chi connectivity index (χ2v) is 4.27. The molecular formula is C12H15ClFN. The van der Waals surface area contributed by atoms with Gasteiger partial charge in [0.1, 0.15) is 5.82 Å². The maximum Gasteiger partial charge on any atom is 0.132 e. The van der Waals surface area contributed by atoms with Gasteiger partial charge in [0.2, 0.25) is 0 Å². The van der Waals surface area contributed by atoms with Crippen LogP contribution >= 0.6 is 11.6 Å². The molecule has 1 atom stereocenters. The number of rotatable bonds is 3. The van der Waals surface area contributed by atoms with Crippen molar-refractivity contribution in [3.8, 4) is 0 Å². The van der Waals surface area contributed by atoms with Crippen LogP contribution in [0.25, 0.3) is 0 Å². The predicted molar refractivity (Wildman–Crippen MR) is 62.5 cm³/mol. The standard InChI is InChI=1S/C12H15ClFN/c1-7(2)6-10(15)11-9(13)5-4-8(3)12(11)14/h4-5,10H,1,6,15H2,2-3H3/t10-/m1/s1. The number of halogens is 2. The molecule has 1 aromatic carbocycles. The lowest BCUT2D eigenvalue weighted by atomic mass is 9.99. The van der Waals surface area contributed by atoms with Crippen molar-refractivity contribution in [3.63, 3.8) is 0 Å². The van der Waals surface area contributed by atoms with Crippen LogP contribution in [0.15, 0.2) is 24.3 Å². The van der Waals surface area contributed by atoms with Gasteiger partial charge in [0.25, 0.3) is 0 Å². The molecule has 0 bridgehead atoms. The third kappa shape index (κ3) is 2.80. The van der Waals surface area contributed by atoms with Gasteiger partial charge in [0.05, 0.1) is 0 Å². The summed E-state index contributed by atoms with van der Waals surface area (Å²) in [6.45, 7) is 7.32. The largest absolute Gasteiger partial charge is 0.324 e. The van der Waals surface area contributed by atoms with Crippen LogP contribution in [-0.2, 0) is 0 Å². The van der Waals surface area contributed by atoms with Crippen molar-refractivity contribution in [1.29, 1.82) is 0 Å². The van der Waals surface area contributed by atoms with E-state index in [9.17, 15) is 4.39 Å². The van der Waals surface area contributed by atoms with Crippen LogP contribution < -0.4 is 5.73 Å². The molecule has 0 radical (unpaired) electrons. The van der Waals surface area contributed by atoms with Crippen LogP contribution in [0.3, 0.4) is 0 Å². The fourth-order valence-electron chi connectivity index (χ4n) is 1.50. The molecule has 0 aliphatic carbocycles. The van der Waals surface area contributed by atoms with Gasteiger partial charge in [-0.2, -0.15) is 0 Å². The van der Waals surface area contributed by atoms with E-state index in [1.165, 1.54) is 0 Å². The zero-order valence-electron chi connectivity index (χ0n) is 8.98. The molecule has 1 rings (SSSR count). The highest BCUT2D eigenvalue weighted by molar-refractivity contribution is 6.31. The number of nitrogens with two attached hydrogens (primary N) is 1. The van der Waals surface area contributed by atoms with E-state index in [1.54, 1.807) is 19.1 Å². The fourth-order valence-corrected chi connectivity index (χ4v) is 1.78. The normalized spacial score (nSPS) is 12.6. The van der Waals surface area contributed by atoms with E-state index in [2.05, 4.69) is 6.58 Å². The van der Waals surface area contributed by atoms with Gasteiger partial charge in [0, 0.05) is 16.6 Å². The Labute approximate surface area is 94.7 Å². The zero-order valence-corrected chi connectivity index (χ0v) is 9.74. The first kappa shape index (κ1) is 12.2. The van der Waals surface area contributed by atoms with E-state index < -0.39 is 6.04 Å². The average molecular weight is 228 g/mol. The highest BCUT2D eigenvalue weighted by Crippen LogP contribution is 2.29. The lowest BCUT2D eigenvalue weighted by Gasteiger charge is -2.15. The van der Waals surface area contributed by atoms with Crippen molar-refractivity contribution in [2.75, 3.05) is 0 Å². The molecule has 0 saturated heterocycles. The molecule has 15 heavy (non-hydrogen) atoms. The Balaban J connectivity index is 3.12. The lowest BCUT2D eigenvalue weighted by Crippen LogP contribution is -2.13. The maximum atomic E-state index is 13.8. The minimum absolute atomic E-state index is 0.309. The van der Waals surface area contributed by atoms with E-state index in [0.717, 1.165) is 5.57 Å². The number of hydrogen-bond donors (Lipinski definition) is 1. The van der Waals surface area contributed by atoms with Gasteiger partial charge in [-0.05, 0) is 31.9 Å². The van der Waals surface area contributed by atoms with Gasteiger partial charge in [-0.1, -0.05) is 23.2 Å². The van der Waals surface area contributed by atoms with Crippen molar-refractivity contribution in [1.82, 2.24) is 0 Å². The molecule has 0 heterocycles. The van der Waals surface area contributed by atoms with Gasteiger partial charge in [0.15, 0.2) is 0 Å². The van der Waals surface area contributed by atoms with Crippen LogP contribution in [0.2, 0.25) is 5.02 Å². The Bertz CT molecular complexity index is 387. The first-order valence-electron chi connectivity index (χ1n) is 4.78. The second-order valence-electron chi connectivity index (χ2n) is 3.86. The van der Waals surface area contributed by atoms with Crippen LogP contribution in [0.1, 0.15) is 30.5 Å². The van der Waals surface area contributed by atoms with E-state index in [0.29, 0.717) is 22.6 Å². The quantitative estimate of drug-likeness (QED) is 0.782. The highest BCUT2D eigenvalue weighted by atomic mass is 35.5. The van der Waals surface area contributed by atoms with Crippen LogP contribution in [0.5, 0.6) is 0 Å². The summed E-state index contributed by atoms with van der Waals surface area (Å²) >= 11 is 5.93. The fraction of sp³-hybridized carbons (Fsp3) is 0.333.